The molecule has 8 heteroatoms. The van der Waals surface area contributed by atoms with Gasteiger partial charge in [0.15, 0.2) is 0 Å². The van der Waals surface area contributed by atoms with Gasteiger partial charge in [-0.2, -0.15) is 15.0 Å². The molecule has 6 nitrogen and oxygen atoms in total. The number of anilines is 1. The lowest BCUT2D eigenvalue weighted by Gasteiger charge is -2.31. The maximum Gasteiger partial charge on any atom is 0.230 e. The number of hydrogen-bond donors (Lipinski definition) is 1. The third kappa shape index (κ3) is 3.43. The van der Waals surface area contributed by atoms with Crippen molar-refractivity contribution < 1.29 is 4.79 Å². The number of carbonyl (C=O) groups is 1. The van der Waals surface area contributed by atoms with Crippen LogP contribution in [0.15, 0.2) is 0 Å². The van der Waals surface area contributed by atoms with Crippen LogP contribution in [0.5, 0.6) is 0 Å². The van der Waals surface area contributed by atoms with Gasteiger partial charge in [0, 0.05) is 19.5 Å². The van der Waals surface area contributed by atoms with Crippen molar-refractivity contribution in [3.63, 3.8) is 0 Å². The van der Waals surface area contributed by atoms with Crippen LogP contribution in [-0.2, 0) is 4.79 Å². The fourth-order valence-corrected chi connectivity index (χ4v) is 2.43. The molecule has 1 saturated heterocycles. The molecule has 1 aliphatic rings. The summed E-state index contributed by atoms with van der Waals surface area (Å²) in [7, 11) is 0. The average Bonchev–Trinajstić information content (AvgIpc) is 2.27. The van der Waals surface area contributed by atoms with E-state index < -0.39 is 0 Å². The highest BCUT2D eigenvalue weighted by molar-refractivity contribution is 6.31. The molecule has 18 heavy (non-hydrogen) atoms. The molecule has 0 radical (unpaired) electrons. The van der Waals surface area contributed by atoms with Gasteiger partial charge in [0.05, 0.1) is 0 Å². The second-order valence-electron chi connectivity index (χ2n) is 4.27. The Balaban J connectivity index is 1.98. The Labute approximate surface area is 115 Å². The van der Waals surface area contributed by atoms with Crippen molar-refractivity contribution in [2.24, 2.45) is 11.7 Å². The van der Waals surface area contributed by atoms with Crippen LogP contribution >= 0.6 is 23.2 Å². The number of hydrogen-bond acceptors (Lipinski definition) is 5. The number of nitrogens with zero attached hydrogens (tertiary/aromatic N) is 4. The quantitative estimate of drug-likeness (QED) is 0.906. The Morgan fingerprint density at radius 2 is 1.78 bits per heavy atom. The van der Waals surface area contributed by atoms with Gasteiger partial charge in [0.1, 0.15) is 0 Å². The van der Waals surface area contributed by atoms with E-state index in [-0.39, 0.29) is 16.5 Å². The van der Waals surface area contributed by atoms with E-state index in [9.17, 15) is 4.79 Å². The molecule has 1 fully saturated rings. The Bertz CT molecular complexity index is 428. The molecule has 1 aromatic heterocycles. The summed E-state index contributed by atoms with van der Waals surface area (Å²) in [6.45, 7) is 1.52. The average molecular weight is 290 g/mol. The summed E-state index contributed by atoms with van der Waals surface area (Å²) in [5.74, 6) is 0.573. The van der Waals surface area contributed by atoms with Gasteiger partial charge in [0.2, 0.25) is 22.4 Å². The smallest absolute Gasteiger partial charge is 0.230 e. The number of piperidine rings is 1. The molecule has 1 amide bonds. The van der Waals surface area contributed by atoms with E-state index in [1.165, 1.54) is 0 Å². The van der Waals surface area contributed by atoms with Gasteiger partial charge in [-0.15, -0.1) is 0 Å². The molecule has 1 aliphatic heterocycles. The van der Waals surface area contributed by atoms with Gasteiger partial charge < -0.3 is 10.6 Å². The van der Waals surface area contributed by atoms with Crippen molar-refractivity contribution in [1.29, 1.82) is 0 Å². The fourth-order valence-electron chi connectivity index (χ4n) is 2.08. The molecular weight excluding hydrogens is 277 g/mol. The first-order valence-corrected chi connectivity index (χ1v) is 6.40. The lowest BCUT2D eigenvalue weighted by Crippen LogP contribution is -2.36. The molecule has 0 saturated carbocycles. The predicted molar refractivity (Wildman–Crippen MR) is 68.6 cm³/mol. The van der Waals surface area contributed by atoms with Crippen molar-refractivity contribution in [3.8, 4) is 0 Å². The molecule has 0 spiro atoms. The van der Waals surface area contributed by atoms with Gasteiger partial charge in [-0.25, -0.2) is 0 Å². The monoisotopic (exact) mass is 289 g/mol. The Hall–Kier alpha value is -1.14. The maximum absolute atomic E-state index is 10.8. The van der Waals surface area contributed by atoms with E-state index in [0.29, 0.717) is 18.3 Å². The minimum atomic E-state index is -0.250. The van der Waals surface area contributed by atoms with Crippen molar-refractivity contribution in [2.75, 3.05) is 18.0 Å². The van der Waals surface area contributed by atoms with Crippen LogP contribution < -0.4 is 10.6 Å². The summed E-state index contributed by atoms with van der Waals surface area (Å²) < 4.78 is 0. The first-order valence-electron chi connectivity index (χ1n) is 5.65. The molecule has 98 valence electrons. The number of nitrogens with two attached hydrogens (primary N) is 1. The minimum absolute atomic E-state index is 0.0873. The summed E-state index contributed by atoms with van der Waals surface area (Å²) >= 11 is 11.5. The Morgan fingerprint density at radius 1 is 1.22 bits per heavy atom. The zero-order valence-electron chi connectivity index (χ0n) is 9.64. The van der Waals surface area contributed by atoms with Gasteiger partial charge in [0.25, 0.3) is 0 Å². The highest BCUT2D eigenvalue weighted by Gasteiger charge is 2.22. The second-order valence-corrected chi connectivity index (χ2v) is 4.95. The van der Waals surface area contributed by atoms with Gasteiger partial charge in [-0.3, -0.25) is 4.79 Å². The summed E-state index contributed by atoms with van der Waals surface area (Å²) in [5.41, 5.74) is 5.19. The van der Waals surface area contributed by atoms with E-state index >= 15 is 0 Å². The van der Waals surface area contributed by atoms with E-state index in [2.05, 4.69) is 15.0 Å². The van der Waals surface area contributed by atoms with Crippen molar-refractivity contribution >= 4 is 35.1 Å². The van der Waals surface area contributed by atoms with Crippen molar-refractivity contribution in [2.45, 2.75) is 19.3 Å². The summed E-state index contributed by atoms with van der Waals surface area (Å²) in [4.78, 5) is 24.6. The summed E-state index contributed by atoms with van der Waals surface area (Å²) in [5, 5.41) is 0.175. The van der Waals surface area contributed by atoms with Crippen LogP contribution in [0.2, 0.25) is 10.6 Å². The molecular formula is C10H13Cl2N5O. The highest BCUT2D eigenvalue weighted by atomic mass is 35.5. The zero-order chi connectivity index (χ0) is 13.1. The Kier molecular flexibility index (Phi) is 4.19. The molecule has 2 rings (SSSR count). The standard InChI is InChI=1S/C10H13Cl2N5O/c11-8-14-9(12)16-10(15-8)17-3-1-6(2-4-17)5-7(13)18/h6H,1-5H2,(H2,13,18). The first-order chi connectivity index (χ1) is 8.54. The van der Waals surface area contributed by atoms with Gasteiger partial charge in [-0.05, 0) is 42.0 Å². The van der Waals surface area contributed by atoms with E-state index in [1.807, 2.05) is 4.90 Å². The SMILES string of the molecule is NC(=O)CC1CCN(c2nc(Cl)nc(Cl)n2)CC1. The van der Waals surface area contributed by atoms with E-state index in [4.69, 9.17) is 28.9 Å². The fraction of sp³-hybridized carbons (Fsp3) is 0.600. The number of primary amides is 1. The number of carbonyl (C=O) groups excluding carboxylic acids is 1. The molecule has 2 N–H and O–H groups in total. The van der Waals surface area contributed by atoms with Crippen molar-refractivity contribution in [1.82, 2.24) is 15.0 Å². The van der Waals surface area contributed by atoms with Crippen LogP contribution in [0.1, 0.15) is 19.3 Å². The predicted octanol–water partition coefficient (Wildman–Crippen LogP) is 1.27. The van der Waals surface area contributed by atoms with Crippen LogP contribution in [0.25, 0.3) is 0 Å². The third-order valence-electron chi connectivity index (χ3n) is 2.96. The normalized spacial score (nSPS) is 16.9. The first kappa shape index (κ1) is 13.3. The summed E-state index contributed by atoms with van der Waals surface area (Å²) in [6, 6.07) is 0. The zero-order valence-corrected chi connectivity index (χ0v) is 11.2. The topological polar surface area (TPSA) is 85.0 Å². The van der Waals surface area contributed by atoms with Crippen LogP contribution in [-0.4, -0.2) is 33.9 Å². The molecule has 0 aromatic carbocycles. The summed E-state index contributed by atoms with van der Waals surface area (Å²) in [6.07, 6.45) is 2.19. The minimum Gasteiger partial charge on any atom is -0.370 e. The number of rotatable bonds is 3. The highest BCUT2D eigenvalue weighted by Crippen LogP contribution is 2.23. The van der Waals surface area contributed by atoms with E-state index in [0.717, 1.165) is 25.9 Å². The van der Waals surface area contributed by atoms with Gasteiger partial charge in [-0.1, -0.05) is 0 Å². The van der Waals surface area contributed by atoms with Crippen LogP contribution in [0, 0.1) is 5.92 Å². The third-order valence-corrected chi connectivity index (χ3v) is 3.29. The number of amides is 1. The number of halogens is 2. The largest absolute Gasteiger partial charge is 0.370 e. The molecule has 0 atom stereocenters. The lowest BCUT2D eigenvalue weighted by molar-refractivity contribution is -0.119. The second kappa shape index (κ2) is 5.67. The molecule has 0 unspecified atom stereocenters. The maximum atomic E-state index is 10.8. The molecule has 2 heterocycles. The molecule has 1 aromatic rings. The number of aromatic nitrogens is 3. The molecule has 0 bridgehead atoms. The van der Waals surface area contributed by atoms with Crippen molar-refractivity contribution in [3.05, 3.63) is 10.6 Å². The van der Waals surface area contributed by atoms with Crippen LogP contribution in [0.4, 0.5) is 5.95 Å². The van der Waals surface area contributed by atoms with E-state index in [1.54, 1.807) is 0 Å². The Morgan fingerprint density at radius 3 is 2.28 bits per heavy atom. The van der Waals surface area contributed by atoms with Crippen LogP contribution in [0.3, 0.4) is 0 Å². The molecule has 0 aliphatic carbocycles. The lowest BCUT2D eigenvalue weighted by atomic mass is 9.93. The van der Waals surface area contributed by atoms with Gasteiger partial charge >= 0.3 is 0 Å².